The molecule has 15 heavy (non-hydrogen) atoms. The van der Waals surface area contributed by atoms with E-state index in [0.717, 1.165) is 31.6 Å². The van der Waals surface area contributed by atoms with Gasteiger partial charge in [0, 0.05) is 19.3 Å². The highest BCUT2D eigenvalue weighted by molar-refractivity contribution is 7.98. The van der Waals surface area contributed by atoms with Crippen molar-refractivity contribution in [2.24, 2.45) is 11.1 Å². The van der Waals surface area contributed by atoms with Crippen molar-refractivity contribution in [3.63, 3.8) is 0 Å². The number of thiocarbonyl (C=S) groups is 1. The molecule has 0 aromatic carbocycles. The summed E-state index contributed by atoms with van der Waals surface area (Å²) in [5.41, 5.74) is 5.17. The van der Waals surface area contributed by atoms with Crippen LogP contribution in [0.3, 0.4) is 0 Å². The zero-order valence-corrected chi connectivity index (χ0v) is 10.9. The Morgan fingerprint density at radius 3 is 2.53 bits per heavy atom. The number of rotatable bonds is 5. The van der Waals surface area contributed by atoms with Crippen molar-refractivity contribution in [1.29, 1.82) is 0 Å². The highest BCUT2D eigenvalue weighted by Gasteiger charge is 2.48. The van der Waals surface area contributed by atoms with E-state index < -0.39 is 5.41 Å². The molecule has 1 aliphatic rings. The quantitative estimate of drug-likeness (QED) is 0.742. The van der Waals surface area contributed by atoms with Crippen LogP contribution in [0.15, 0.2) is 0 Å². The molecular weight excluding hydrogens is 228 g/mol. The fourth-order valence-corrected chi connectivity index (χ4v) is 2.54. The van der Waals surface area contributed by atoms with E-state index in [2.05, 4.69) is 0 Å². The zero-order valence-electron chi connectivity index (χ0n) is 9.28. The van der Waals surface area contributed by atoms with Gasteiger partial charge in [0.2, 0.25) is 5.91 Å². The van der Waals surface area contributed by atoms with Crippen molar-refractivity contribution in [2.45, 2.75) is 19.3 Å². The molecule has 1 rings (SSSR count). The topological polar surface area (TPSA) is 46.3 Å². The third-order valence-electron chi connectivity index (χ3n) is 3.07. The molecular formula is C10H18N2OS2. The lowest BCUT2D eigenvalue weighted by molar-refractivity contribution is -0.140. The van der Waals surface area contributed by atoms with Crippen LogP contribution in [0, 0.1) is 5.41 Å². The summed E-state index contributed by atoms with van der Waals surface area (Å²) in [7, 11) is 1.83. The number of amides is 1. The second-order valence-corrected chi connectivity index (χ2v) is 5.44. The molecule has 3 nitrogen and oxygen atoms in total. The summed E-state index contributed by atoms with van der Waals surface area (Å²) in [5.74, 6) is 1.06. The van der Waals surface area contributed by atoms with E-state index in [4.69, 9.17) is 18.0 Å². The summed E-state index contributed by atoms with van der Waals surface area (Å²) in [5, 5.41) is 0. The lowest BCUT2D eigenvalue weighted by Gasteiger charge is -2.41. The third-order valence-corrected chi connectivity index (χ3v) is 4.05. The number of carbonyl (C=O) groups is 1. The van der Waals surface area contributed by atoms with E-state index in [0.29, 0.717) is 4.99 Å². The number of carbonyl (C=O) groups excluding carboxylic acids is 1. The van der Waals surface area contributed by atoms with Gasteiger partial charge >= 0.3 is 0 Å². The normalized spacial score (nSPS) is 18.0. The van der Waals surface area contributed by atoms with Gasteiger partial charge in [0.25, 0.3) is 0 Å². The summed E-state index contributed by atoms with van der Waals surface area (Å²) in [6.45, 7) is 0.768. The standard InChI is InChI=1S/C10H18N2OS2/c1-12(6-7-15-2)9(13)10(8(11)14)4-3-5-10/h3-7H2,1-2H3,(H2,11,14). The van der Waals surface area contributed by atoms with Crippen LogP contribution in [0.2, 0.25) is 0 Å². The van der Waals surface area contributed by atoms with Crippen LogP contribution in [0.25, 0.3) is 0 Å². The van der Waals surface area contributed by atoms with E-state index in [9.17, 15) is 4.79 Å². The number of thioether (sulfide) groups is 1. The fourth-order valence-electron chi connectivity index (χ4n) is 1.79. The molecule has 0 aliphatic heterocycles. The first kappa shape index (κ1) is 12.8. The molecule has 0 radical (unpaired) electrons. The first-order chi connectivity index (χ1) is 7.04. The molecule has 0 aromatic rings. The molecule has 1 amide bonds. The first-order valence-corrected chi connectivity index (χ1v) is 6.89. The van der Waals surface area contributed by atoms with Crippen LogP contribution in [0.5, 0.6) is 0 Å². The van der Waals surface area contributed by atoms with Gasteiger partial charge in [0.05, 0.1) is 10.4 Å². The van der Waals surface area contributed by atoms with Crippen LogP contribution >= 0.6 is 24.0 Å². The maximum absolute atomic E-state index is 12.1. The molecule has 2 N–H and O–H groups in total. The van der Waals surface area contributed by atoms with Crippen molar-refractivity contribution < 1.29 is 4.79 Å². The highest BCUT2D eigenvalue weighted by atomic mass is 32.2. The minimum absolute atomic E-state index is 0.107. The molecule has 0 saturated heterocycles. The maximum Gasteiger partial charge on any atom is 0.235 e. The van der Waals surface area contributed by atoms with Crippen molar-refractivity contribution in [3.8, 4) is 0 Å². The van der Waals surface area contributed by atoms with Crippen LogP contribution in [-0.4, -0.2) is 41.4 Å². The van der Waals surface area contributed by atoms with Crippen LogP contribution in [-0.2, 0) is 4.79 Å². The number of nitrogens with two attached hydrogens (primary N) is 1. The van der Waals surface area contributed by atoms with E-state index in [1.54, 1.807) is 16.7 Å². The Hall–Kier alpha value is -0.290. The predicted molar refractivity (Wildman–Crippen MR) is 69.1 cm³/mol. The summed E-state index contributed by atoms with van der Waals surface area (Å²) < 4.78 is 0. The van der Waals surface area contributed by atoms with Crippen LogP contribution < -0.4 is 5.73 Å². The molecule has 1 saturated carbocycles. The highest BCUT2D eigenvalue weighted by Crippen LogP contribution is 2.42. The van der Waals surface area contributed by atoms with Crippen molar-refractivity contribution in [3.05, 3.63) is 0 Å². The molecule has 0 spiro atoms. The van der Waals surface area contributed by atoms with Crippen LogP contribution in [0.1, 0.15) is 19.3 Å². The zero-order chi connectivity index (χ0) is 11.5. The predicted octanol–water partition coefficient (Wildman–Crippen LogP) is 1.26. The summed E-state index contributed by atoms with van der Waals surface area (Å²) in [6.07, 6.45) is 4.74. The molecule has 0 aromatic heterocycles. The smallest absolute Gasteiger partial charge is 0.235 e. The average Bonchev–Trinajstić information content (AvgIpc) is 2.11. The summed E-state index contributed by atoms with van der Waals surface area (Å²) in [4.78, 5) is 14.3. The Kier molecular flexibility index (Phi) is 4.40. The monoisotopic (exact) mass is 246 g/mol. The van der Waals surface area contributed by atoms with Crippen molar-refractivity contribution in [2.75, 3.05) is 25.6 Å². The van der Waals surface area contributed by atoms with Gasteiger partial charge in [-0.3, -0.25) is 4.79 Å². The van der Waals surface area contributed by atoms with Gasteiger partial charge in [-0.2, -0.15) is 11.8 Å². The third kappa shape index (κ3) is 2.45. The molecule has 0 heterocycles. The Bertz CT molecular complexity index is 264. The molecule has 5 heteroatoms. The first-order valence-electron chi connectivity index (χ1n) is 5.09. The van der Waals surface area contributed by atoms with E-state index in [-0.39, 0.29) is 5.91 Å². The fraction of sp³-hybridized carbons (Fsp3) is 0.800. The molecule has 1 fully saturated rings. The maximum atomic E-state index is 12.1. The minimum atomic E-state index is -0.511. The van der Waals surface area contributed by atoms with Crippen LogP contribution in [0.4, 0.5) is 0 Å². The summed E-state index contributed by atoms with van der Waals surface area (Å²) in [6, 6.07) is 0. The van der Waals surface area contributed by atoms with Gasteiger partial charge < -0.3 is 10.6 Å². The molecule has 0 unspecified atom stereocenters. The van der Waals surface area contributed by atoms with Gasteiger partial charge in [-0.05, 0) is 19.1 Å². The van der Waals surface area contributed by atoms with Gasteiger partial charge in [-0.1, -0.05) is 18.6 Å². The van der Waals surface area contributed by atoms with E-state index in [1.165, 1.54) is 0 Å². The largest absolute Gasteiger partial charge is 0.392 e. The second kappa shape index (κ2) is 5.16. The van der Waals surface area contributed by atoms with Crippen molar-refractivity contribution >= 4 is 34.9 Å². The Balaban J connectivity index is 2.61. The Morgan fingerprint density at radius 1 is 1.60 bits per heavy atom. The number of nitrogens with zero attached hydrogens (tertiary/aromatic N) is 1. The lowest BCUT2D eigenvalue weighted by atomic mass is 9.67. The molecule has 1 aliphatic carbocycles. The number of hydrogen-bond acceptors (Lipinski definition) is 3. The van der Waals surface area contributed by atoms with E-state index >= 15 is 0 Å². The Labute approximate surface area is 101 Å². The molecule has 0 bridgehead atoms. The Morgan fingerprint density at radius 2 is 2.20 bits per heavy atom. The molecule has 86 valence electrons. The lowest BCUT2D eigenvalue weighted by Crippen LogP contribution is -2.53. The minimum Gasteiger partial charge on any atom is -0.392 e. The SMILES string of the molecule is CSCCN(C)C(=O)C1(C(N)=S)CCC1. The van der Waals surface area contributed by atoms with E-state index in [1.807, 2.05) is 13.3 Å². The van der Waals surface area contributed by atoms with Gasteiger partial charge in [-0.25, -0.2) is 0 Å². The average molecular weight is 246 g/mol. The second-order valence-electron chi connectivity index (χ2n) is 4.02. The molecule has 0 atom stereocenters. The van der Waals surface area contributed by atoms with Crippen molar-refractivity contribution in [1.82, 2.24) is 4.90 Å². The van der Waals surface area contributed by atoms with Gasteiger partial charge in [0.1, 0.15) is 0 Å². The summed E-state index contributed by atoms with van der Waals surface area (Å²) >= 11 is 6.75. The van der Waals surface area contributed by atoms with Gasteiger partial charge in [-0.15, -0.1) is 0 Å². The number of hydrogen-bond donors (Lipinski definition) is 1. The van der Waals surface area contributed by atoms with Gasteiger partial charge in [0.15, 0.2) is 0 Å².